The molecule has 1 heterocycles. The summed E-state index contributed by atoms with van der Waals surface area (Å²) in [6.07, 6.45) is 0.877. The molecule has 3 rings (SSSR count). The number of hydrogen-bond acceptors (Lipinski definition) is 1. The molecule has 21 heavy (non-hydrogen) atoms. The Balaban J connectivity index is 1.97. The van der Waals surface area contributed by atoms with Gasteiger partial charge >= 0.3 is 0 Å². The predicted molar refractivity (Wildman–Crippen MR) is 94.7 cm³/mol. The maximum Gasteiger partial charge on any atom is 0.178 e. The second-order valence-electron chi connectivity index (χ2n) is 5.04. The van der Waals surface area contributed by atoms with Crippen molar-refractivity contribution in [2.75, 3.05) is 0 Å². The lowest BCUT2D eigenvalue weighted by Gasteiger charge is -2.07. The van der Waals surface area contributed by atoms with Gasteiger partial charge in [-0.3, -0.25) is 0 Å². The fraction of sp³-hybridized carbons (Fsp3) is 0.188. The number of aromatic amines is 1. The molecule has 0 saturated carbocycles. The van der Waals surface area contributed by atoms with E-state index in [0.29, 0.717) is 8.34 Å². The van der Waals surface area contributed by atoms with Gasteiger partial charge < -0.3 is 9.55 Å². The van der Waals surface area contributed by atoms with Gasteiger partial charge in [-0.05, 0) is 65.3 Å². The minimum Gasteiger partial charge on any atom is -0.331 e. The molecule has 0 radical (unpaired) electrons. The van der Waals surface area contributed by atoms with Gasteiger partial charge in [-0.15, -0.1) is 0 Å². The quantitative estimate of drug-likeness (QED) is 0.475. The summed E-state index contributed by atoms with van der Waals surface area (Å²) in [7, 11) is 0. The number of halogens is 2. The molecule has 2 aromatic carbocycles. The third-order valence-electron chi connectivity index (χ3n) is 3.68. The summed E-state index contributed by atoms with van der Waals surface area (Å²) in [6.45, 7) is 2.84. The number of imidazole rings is 1. The first kappa shape index (κ1) is 14.7. The highest BCUT2D eigenvalue weighted by molar-refractivity contribution is 14.1. The first-order chi connectivity index (χ1) is 10.1. The summed E-state index contributed by atoms with van der Waals surface area (Å²) < 4.78 is 17.0. The second-order valence-corrected chi connectivity index (χ2v) is 6.59. The molecule has 0 amide bonds. The van der Waals surface area contributed by atoms with E-state index in [2.05, 4.69) is 24.0 Å². The third kappa shape index (κ3) is 2.89. The van der Waals surface area contributed by atoms with Gasteiger partial charge in [0.15, 0.2) is 4.77 Å². The van der Waals surface area contributed by atoms with Crippen LogP contribution >= 0.6 is 34.8 Å². The zero-order chi connectivity index (χ0) is 15.0. The Morgan fingerprint density at radius 3 is 2.81 bits per heavy atom. The lowest BCUT2D eigenvalue weighted by atomic mass is 10.1. The average Bonchev–Trinajstić information content (AvgIpc) is 2.74. The summed E-state index contributed by atoms with van der Waals surface area (Å²) in [5, 5.41) is 0. The first-order valence-corrected chi connectivity index (χ1v) is 8.17. The van der Waals surface area contributed by atoms with Crippen molar-refractivity contribution in [2.45, 2.75) is 19.9 Å². The smallest absolute Gasteiger partial charge is 0.178 e. The lowest BCUT2D eigenvalue weighted by molar-refractivity contribution is 0.620. The van der Waals surface area contributed by atoms with Crippen LogP contribution in [-0.2, 0) is 13.0 Å². The summed E-state index contributed by atoms with van der Waals surface area (Å²) in [5.74, 6) is -0.207. The molecule has 0 unspecified atom stereocenters. The zero-order valence-electron chi connectivity index (χ0n) is 11.5. The van der Waals surface area contributed by atoms with Crippen molar-refractivity contribution in [3.05, 3.63) is 61.7 Å². The number of nitrogens with zero attached hydrogens (tertiary/aromatic N) is 1. The number of nitrogens with one attached hydrogen (secondary N) is 1. The summed E-state index contributed by atoms with van der Waals surface area (Å²) in [6, 6.07) is 11.7. The second kappa shape index (κ2) is 5.88. The SMILES string of the molecule is Cc1ccccc1CCn1c(=S)[nH]c2cc(I)c(F)cc21. The maximum absolute atomic E-state index is 13.8. The summed E-state index contributed by atoms with van der Waals surface area (Å²) >= 11 is 7.36. The number of benzene rings is 2. The van der Waals surface area contributed by atoms with Crippen LogP contribution in [-0.4, -0.2) is 9.55 Å². The Morgan fingerprint density at radius 2 is 2.05 bits per heavy atom. The van der Waals surface area contributed by atoms with Crippen LogP contribution in [0.25, 0.3) is 11.0 Å². The molecule has 0 aliphatic carbocycles. The van der Waals surface area contributed by atoms with Crippen LogP contribution in [0.1, 0.15) is 11.1 Å². The molecular formula is C16H14FIN2S. The monoisotopic (exact) mass is 412 g/mol. The fourth-order valence-corrected chi connectivity index (χ4v) is 3.26. The molecule has 1 aromatic heterocycles. The summed E-state index contributed by atoms with van der Waals surface area (Å²) in [4.78, 5) is 3.15. The molecule has 0 aliphatic heterocycles. The molecule has 108 valence electrons. The fourth-order valence-electron chi connectivity index (χ4n) is 2.50. The van der Waals surface area contributed by atoms with Crippen LogP contribution in [0.15, 0.2) is 36.4 Å². The van der Waals surface area contributed by atoms with Crippen molar-refractivity contribution < 1.29 is 4.39 Å². The van der Waals surface area contributed by atoms with Gasteiger partial charge in [0.25, 0.3) is 0 Å². The molecule has 3 aromatic rings. The molecule has 0 saturated heterocycles. The van der Waals surface area contributed by atoms with E-state index in [4.69, 9.17) is 12.2 Å². The Morgan fingerprint density at radius 1 is 1.29 bits per heavy atom. The number of aryl methyl sites for hydroxylation is 3. The van der Waals surface area contributed by atoms with E-state index in [-0.39, 0.29) is 5.82 Å². The maximum atomic E-state index is 13.8. The Kier molecular flexibility index (Phi) is 4.12. The Labute approximate surface area is 141 Å². The highest BCUT2D eigenvalue weighted by atomic mass is 127. The molecule has 0 aliphatic rings. The van der Waals surface area contributed by atoms with Gasteiger partial charge in [0.2, 0.25) is 0 Å². The van der Waals surface area contributed by atoms with Crippen molar-refractivity contribution in [3.8, 4) is 0 Å². The van der Waals surface area contributed by atoms with Gasteiger partial charge in [0.1, 0.15) is 5.82 Å². The molecular weight excluding hydrogens is 398 g/mol. The normalized spacial score (nSPS) is 11.2. The Hall–Kier alpha value is -1.21. The van der Waals surface area contributed by atoms with Gasteiger partial charge in [-0.2, -0.15) is 0 Å². The molecule has 0 atom stereocenters. The lowest BCUT2D eigenvalue weighted by Crippen LogP contribution is -2.02. The van der Waals surface area contributed by atoms with Crippen LogP contribution in [0.4, 0.5) is 4.39 Å². The van der Waals surface area contributed by atoms with Gasteiger partial charge in [-0.1, -0.05) is 24.3 Å². The van der Waals surface area contributed by atoms with Crippen LogP contribution in [0.3, 0.4) is 0 Å². The van der Waals surface area contributed by atoms with Crippen molar-refractivity contribution in [2.24, 2.45) is 0 Å². The van der Waals surface area contributed by atoms with Crippen LogP contribution in [0.5, 0.6) is 0 Å². The highest BCUT2D eigenvalue weighted by Crippen LogP contribution is 2.21. The first-order valence-electron chi connectivity index (χ1n) is 6.68. The van der Waals surface area contributed by atoms with E-state index in [1.54, 1.807) is 12.1 Å². The molecule has 0 spiro atoms. The van der Waals surface area contributed by atoms with E-state index in [0.717, 1.165) is 24.0 Å². The third-order valence-corrected chi connectivity index (χ3v) is 4.83. The van der Waals surface area contributed by atoms with E-state index < -0.39 is 0 Å². The van der Waals surface area contributed by atoms with E-state index in [1.807, 2.05) is 39.3 Å². The molecule has 1 N–H and O–H groups in total. The topological polar surface area (TPSA) is 20.7 Å². The van der Waals surface area contributed by atoms with Gasteiger partial charge in [-0.25, -0.2) is 4.39 Å². The minimum atomic E-state index is -0.207. The molecule has 2 nitrogen and oxygen atoms in total. The van der Waals surface area contributed by atoms with Crippen molar-refractivity contribution in [1.82, 2.24) is 9.55 Å². The largest absolute Gasteiger partial charge is 0.331 e. The number of rotatable bonds is 3. The van der Waals surface area contributed by atoms with Gasteiger partial charge in [0.05, 0.1) is 14.6 Å². The van der Waals surface area contributed by atoms with E-state index in [9.17, 15) is 4.39 Å². The molecule has 0 bridgehead atoms. The number of fused-ring (bicyclic) bond motifs is 1. The van der Waals surface area contributed by atoms with Gasteiger partial charge in [0, 0.05) is 12.6 Å². The van der Waals surface area contributed by atoms with Crippen LogP contribution in [0, 0.1) is 21.1 Å². The molecule has 5 heteroatoms. The van der Waals surface area contributed by atoms with E-state index in [1.165, 1.54) is 11.1 Å². The minimum absolute atomic E-state index is 0.207. The number of hydrogen-bond donors (Lipinski definition) is 1. The predicted octanol–water partition coefficient (Wildman–Crippen LogP) is 4.99. The highest BCUT2D eigenvalue weighted by Gasteiger charge is 2.09. The molecule has 0 fully saturated rings. The van der Waals surface area contributed by atoms with Crippen molar-refractivity contribution >= 4 is 45.8 Å². The summed E-state index contributed by atoms with van der Waals surface area (Å²) in [5.41, 5.74) is 4.27. The van der Waals surface area contributed by atoms with E-state index >= 15 is 0 Å². The zero-order valence-corrected chi connectivity index (χ0v) is 14.5. The van der Waals surface area contributed by atoms with Crippen LogP contribution in [0.2, 0.25) is 0 Å². The average molecular weight is 412 g/mol. The standard InChI is InChI=1S/C16H14FIN2S/c1-10-4-2-3-5-11(10)6-7-20-15-8-12(17)13(18)9-14(15)19-16(20)21/h2-5,8-9H,6-7H2,1H3,(H,19,21). The Bertz CT molecular complexity index is 866. The van der Waals surface area contributed by atoms with Crippen molar-refractivity contribution in [1.29, 1.82) is 0 Å². The number of aromatic nitrogens is 2. The van der Waals surface area contributed by atoms with Crippen molar-refractivity contribution in [3.63, 3.8) is 0 Å². The number of H-pyrrole nitrogens is 1. The van der Waals surface area contributed by atoms with Crippen LogP contribution < -0.4 is 0 Å².